The lowest BCUT2D eigenvalue weighted by atomic mass is 9.98. The van der Waals surface area contributed by atoms with Crippen molar-refractivity contribution in [3.8, 4) is 5.75 Å². The molecule has 0 radical (unpaired) electrons. The van der Waals surface area contributed by atoms with Gasteiger partial charge in [0.25, 0.3) is 0 Å². The second-order valence-electron chi connectivity index (χ2n) is 8.53. The minimum absolute atomic E-state index is 0.413. The van der Waals surface area contributed by atoms with Crippen LogP contribution in [0.2, 0.25) is 0 Å². The van der Waals surface area contributed by atoms with E-state index in [4.69, 9.17) is 4.74 Å². The van der Waals surface area contributed by atoms with Crippen LogP contribution in [-0.4, -0.2) is 24.1 Å². The Balaban J connectivity index is 1.42. The molecule has 2 aromatic rings. The number of hydrogen-bond donors (Lipinski definition) is 0. The highest BCUT2D eigenvalue weighted by atomic mass is 16.5. The first-order valence-corrected chi connectivity index (χ1v) is 10.7. The van der Waals surface area contributed by atoms with Gasteiger partial charge in [0.2, 0.25) is 0 Å². The van der Waals surface area contributed by atoms with Gasteiger partial charge >= 0.3 is 0 Å². The maximum Gasteiger partial charge on any atom is 0.120 e. The zero-order valence-corrected chi connectivity index (χ0v) is 16.3. The molecule has 1 heterocycles. The van der Waals surface area contributed by atoms with Gasteiger partial charge in [-0.1, -0.05) is 38.0 Å². The summed E-state index contributed by atoms with van der Waals surface area (Å²) in [6.45, 7) is 5.95. The summed E-state index contributed by atoms with van der Waals surface area (Å²) in [4.78, 5) is 2.60. The molecule has 1 saturated heterocycles. The third kappa shape index (κ3) is 4.59. The molecule has 2 aromatic carbocycles. The molecule has 2 fully saturated rings. The van der Waals surface area contributed by atoms with Crippen molar-refractivity contribution in [2.24, 2.45) is 5.92 Å². The molecule has 4 rings (SSSR count). The number of hydrogen-bond acceptors (Lipinski definition) is 2. The van der Waals surface area contributed by atoms with Crippen molar-refractivity contribution in [3.05, 3.63) is 42.0 Å². The van der Waals surface area contributed by atoms with Gasteiger partial charge < -0.3 is 4.74 Å². The summed E-state index contributed by atoms with van der Waals surface area (Å²) in [7, 11) is 0. The van der Waals surface area contributed by atoms with Gasteiger partial charge in [-0.3, -0.25) is 4.90 Å². The predicted molar refractivity (Wildman–Crippen MR) is 110 cm³/mol. The Morgan fingerprint density at radius 2 is 1.54 bits per heavy atom. The first-order valence-electron chi connectivity index (χ1n) is 10.7. The molecule has 0 atom stereocenters. The normalized spacial score (nSPS) is 21.0. The summed E-state index contributed by atoms with van der Waals surface area (Å²) in [5, 5.41) is 2.63. The Morgan fingerprint density at radius 1 is 0.846 bits per heavy atom. The van der Waals surface area contributed by atoms with Crippen molar-refractivity contribution >= 4 is 10.8 Å². The number of benzene rings is 2. The quantitative estimate of drug-likeness (QED) is 0.610. The number of nitrogens with zero attached hydrogens (tertiary/aromatic N) is 1. The monoisotopic (exact) mass is 351 g/mol. The zero-order valence-electron chi connectivity index (χ0n) is 16.3. The van der Waals surface area contributed by atoms with E-state index in [1.807, 2.05) is 0 Å². The molecule has 2 nitrogen and oxygen atoms in total. The summed E-state index contributed by atoms with van der Waals surface area (Å²) < 4.78 is 6.30. The van der Waals surface area contributed by atoms with Crippen molar-refractivity contribution in [2.45, 2.75) is 70.9 Å². The number of fused-ring (bicyclic) bond motifs is 1. The molecule has 26 heavy (non-hydrogen) atoms. The largest absolute Gasteiger partial charge is 0.490 e. The average molecular weight is 352 g/mol. The van der Waals surface area contributed by atoms with Crippen LogP contribution in [0.1, 0.15) is 63.9 Å². The van der Waals surface area contributed by atoms with Crippen molar-refractivity contribution in [2.75, 3.05) is 13.1 Å². The molecular formula is C24H33NO. The Kier molecular flexibility index (Phi) is 5.79. The third-order valence-electron chi connectivity index (χ3n) is 6.26. The standard InChI is InChI=1S/C24H33NO/c1-19-12-14-25(15-13-19)18-20-8-9-22-17-24(11-10-21(22)16-20)26-23-6-4-2-3-5-7-23/h8-11,16-17,19,23H,2-7,12-15,18H2,1H3. The van der Waals surface area contributed by atoms with Gasteiger partial charge in [-0.2, -0.15) is 0 Å². The summed E-state index contributed by atoms with van der Waals surface area (Å²) in [6, 6.07) is 13.6. The topological polar surface area (TPSA) is 12.5 Å². The van der Waals surface area contributed by atoms with Gasteiger partial charge in [-0.25, -0.2) is 0 Å². The van der Waals surface area contributed by atoms with E-state index in [0.717, 1.165) is 18.2 Å². The molecule has 0 amide bonds. The van der Waals surface area contributed by atoms with Crippen LogP contribution in [0.25, 0.3) is 10.8 Å². The fraction of sp³-hybridized carbons (Fsp3) is 0.583. The van der Waals surface area contributed by atoms with Crippen molar-refractivity contribution in [1.29, 1.82) is 0 Å². The van der Waals surface area contributed by atoms with Crippen molar-refractivity contribution < 1.29 is 4.74 Å². The van der Waals surface area contributed by atoms with Crippen LogP contribution in [0.5, 0.6) is 5.75 Å². The van der Waals surface area contributed by atoms with Crippen LogP contribution in [-0.2, 0) is 6.54 Å². The zero-order chi connectivity index (χ0) is 17.8. The van der Waals surface area contributed by atoms with E-state index in [1.165, 1.54) is 80.8 Å². The van der Waals surface area contributed by atoms with E-state index in [2.05, 4.69) is 48.2 Å². The van der Waals surface area contributed by atoms with E-state index in [9.17, 15) is 0 Å². The molecule has 2 heteroatoms. The van der Waals surface area contributed by atoms with Gasteiger partial charge in [0.05, 0.1) is 6.10 Å². The highest BCUT2D eigenvalue weighted by Crippen LogP contribution is 2.27. The maximum atomic E-state index is 6.30. The molecule has 1 aliphatic heterocycles. The summed E-state index contributed by atoms with van der Waals surface area (Å²) >= 11 is 0. The second-order valence-corrected chi connectivity index (χ2v) is 8.53. The predicted octanol–water partition coefficient (Wildman–Crippen LogP) is 6.17. The lowest BCUT2D eigenvalue weighted by Gasteiger charge is -2.30. The van der Waals surface area contributed by atoms with Crippen LogP contribution < -0.4 is 4.74 Å². The molecule has 0 N–H and O–H groups in total. The minimum atomic E-state index is 0.413. The van der Waals surface area contributed by atoms with Crippen LogP contribution in [0.4, 0.5) is 0 Å². The Morgan fingerprint density at radius 3 is 2.31 bits per heavy atom. The molecule has 0 aromatic heterocycles. The highest BCUT2D eigenvalue weighted by molar-refractivity contribution is 5.84. The third-order valence-corrected chi connectivity index (χ3v) is 6.26. The van der Waals surface area contributed by atoms with E-state index in [-0.39, 0.29) is 0 Å². The van der Waals surface area contributed by atoms with Crippen LogP contribution >= 0.6 is 0 Å². The Labute approximate surface area is 158 Å². The summed E-state index contributed by atoms with van der Waals surface area (Å²) in [6.07, 6.45) is 10.9. The minimum Gasteiger partial charge on any atom is -0.490 e. The van der Waals surface area contributed by atoms with Gasteiger partial charge in [-0.15, -0.1) is 0 Å². The molecular weight excluding hydrogens is 318 g/mol. The van der Waals surface area contributed by atoms with Gasteiger partial charge in [0.1, 0.15) is 5.75 Å². The van der Waals surface area contributed by atoms with Gasteiger partial charge in [0, 0.05) is 6.54 Å². The SMILES string of the molecule is CC1CCN(Cc2ccc3cc(OC4CCCCCC4)ccc3c2)CC1. The van der Waals surface area contributed by atoms with E-state index in [0.29, 0.717) is 6.10 Å². The van der Waals surface area contributed by atoms with Crippen LogP contribution in [0.3, 0.4) is 0 Å². The number of likely N-dealkylation sites (tertiary alicyclic amines) is 1. The van der Waals surface area contributed by atoms with E-state index < -0.39 is 0 Å². The molecule has 1 aliphatic carbocycles. The first-order chi connectivity index (χ1) is 12.8. The van der Waals surface area contributed by atoms with Crippen molar-refractivity contribution in [3.63, 3.8) is 0 Å². The molecule has 2 aliphatic rings. The first kappa shape index (κ1) is 17.9. The number of ether oxygens (including phenoxy) is 1. The molecule has 0 bridgehead atoms. The molecule has 1 saturated carbocycles. The molecule has 140 valence electrons. The van der Waals surface area contributed by atoms with E-state index >= 15 is 0 Å². The van der Waals surface area contributed by atoms with Gasteiger partial charge in [-0.05, 0) is 92.1 Å². The van der Waals surface area contributed by atoms with Crippen molar-refractivity contribution in [1.82, 2.24) is 4.90 Å². The summed E-state index contributed by atoms with van der Waals surface area (Å²) in [5.41, 5.74) is 1.43. The fourth-order valence-corrected chi connectivity index (χ4v) is 4.48. The Hall–Kier alpha value is -1.54. The summed E-state index contributed by atoms with van der Waals surface area (Å²) in [5.74, 6) is 1.94. The smallest absolute Gasteiger partial charge is 0.120 e. The van der Waals surface area contributed by atoms with Crippen LogP contribution in [0, 0.1) is 5.92 Å². The molecule has 0 spiro atoms. The van der Waals surface area contributed by atoms with E-state index in [1.54, 1.807) is 0 Å². The highest BCUT2D eigenvalue weighted by Gasteiger charge is 2.16. The second kappa shape index (κ2) is 8.43. The Bertz CT molecular complexity index is 709. The number of rotatable bonds is 4. The lowest BCUT2D eigenvalue weighted by Crippen LogP contribution is -2.32. The van der Waals surface area contributed by atoms with Gasteiger partial charge in [0.15, 0.2) is 0 Å². The average Bonchev–Trinajstić information content (AvgIpc) is 2.92. The molecule has 0 unspecified atom stereocenters. The van der Waals surface area contributed by atoms with Crippen LogP contribution in [0.15, 0.2) is 36.4 Å². The maximum absolute atomic E-state index is 6.30. The lowest BCUT2D eigenvalue weighted by molar-refractivity contribution is 0.184. The fourth-order valence-electron chi connectivity index (χ4n) is 4.48. The number of piperidine rings is 1.